The smallest absolute Gasteiger partial charge is 0.264 e. The first-order valence-corrected chi connectivity index (χ1v) is 10.9. The van der Waals surface area contributed by atoms with Gasteiger partial charge in [-0.15, -0.1) is 0 Å². The number of nitrogens with one attached hydrogen (secondary N) is 1. The molecule has 0 atom stereocenters. The number of halogens is 1. The van der Waals surface area contributed by atoms with Crippen LogP contribution in [0.2, 0.25) is 5.02 Å². The molecule has 7 nitrogen and oxygen atoms in total. The predicted octanol–water partition coefficient (Wildman–Crippen LogP) is 4.05. The highest BCUT2D eigenvalue weighted by Gasteiger charge is 2.27. The number of anilines is 2. The lowest BCUT2D eigenvalue weighted by Crippen LogP contribution is -2.38. The van der Waals surface area contributed by atoms with E-state index in [-0.39, 0.29) is 10.6 Å². The summed E-state index contributed by atoms with van der Waals surface area (Å²) in [7, 11) is -2.57. The van der Waals surface area contributed by atoms with Crippen molar-refractivity contribution in [3.05, 3.63) is 83.4 Å². The second kappa shape index (κ2) is 9.51. The highest BCUT2D eigenvalue weighted by molar-refractivity contribution is 7.92. The normalized spacial score (nSPS) is 10.7. The van der Waals surface area contributed by atoms with E-state index in [0.29, 0.717) is 22.0 Å². The van der Waals surface area contributed by atoms with Crippen LogP contribution in [0.5, 0.6) is 5.75 Å². The largest absolute Gasteiger partial charge is 0.497 e. The van der Waals surface area contributed by atoms with Gasteiger partial charge in [-0.2, -0.15) is 5.26 Å². The summed E-state index contributed by atoms with van der Waals surface area (Å²) in [6.07, 6.45) is 0. The number of methoxy groups -OCH3 is 1. The van der Waals surface area contributed by atoms with Gasteiger partial charge in [-0.3, -0.25) is 9.10 Å². The fourth-order valence-electron chi connectivity index (χ4n) is 2.79. The number of nitriles is 1. The summed E-state index contributed by atoms with van der Waals surface area (Å²) < 4.78 is 32.8. The van der Waals surface area contributed by atoms with Gasteiger partial charge in [0.15, 0.2) is 0 Å². The molecule has 0 heterocycles. The van der Waals surface area contributed by atoms with Crippen molar-refractivity contribution >= 4 is 38.9 Å². The van der Waals surface area contributed by atoms with Crippen molar-refractivity contribution in [1.29, 1.82) is 5.26 Å². The molecule has 0 bridgehead atoms. The second-order valence-corrected chi connectivity index (χ2v) is 8.70. The van der Waals surface area contributed by atoms with Crippen molar-refractivity contribution < 1.29 is 17.9 Å². The Morgan fingerprint density at radius 3 is 2.39 bits per heavy atom. The second-order valence-electron chi connectivity index (χ2n) is 6.40. The molecule has 0 unspecified atom stereocenters. The molecule has 1 amide bonds. The molecule has 0 saturated heterocycles. The molecule has 158 valence electrons. The lowest BCUT2D eigenvalue weighted by atomic mass is 10.2. The topological polar surface area (TPSA) is 99.5 Å². The zero-order chi connectivity index (χ0) is 22.4. The van der Waals surface area contributed by atoms with E-state index in [4.69, 9.17) is 21.6 Å². The molecule has 0 aliphatic rings. The van der Waals surface area contributed by atoms with Crippen LogP contribution in [-0.4, -0.2) is 28.0 Å². The van der Waals surface area contributed by atoms with Gasteiger partial charge in [-0.1, -0.05) is 17.7 Å². The van der Waals surface area contributed by atoms with Gasteiger partial charge in [0, 0.05) is 10.7 Å². The van der Waals surface area contributed by atoms with Crippen molar-refractivity contribution in [1.82, 2.24) is 0 Å². The number of benzene rings is 3. The molecule has 0 radical (unpaired) electrons. The third-order valence-corrected chi connectivity index (χ3v) is 6.36. The number of carbonyl (C=O) groups is 1. The third kappa shape index (κ3) is 5.34. The third-order valence-electron chi connectivity index (χ3n) is 4.32. The number of ether oxygens (including phenoxy) is 1. The van der Waals surface area contributed by atoms with Crippen LogP contribution in [-0.2, 0) is 14.8 Å². The Bertz CT molecular complexity index is 1220. The first-order valence-electron chi connectivity index (χ1n) is 9.06. The van der Waals surface area contributed by atoms with E-state index in [1.54, 1.807) is 42.5 Å². The monoisotopic (exact) mass is 455 g/mol. The Morgan fingerprint density at radius 1 is 1.10 bits per heavy atom. The molecule has 3 aromatic carbocycles. The van der Waals surface area contributed by atoms with Crippen LogP contribution in [0.4, 0.5) is 11.4 Å². The SMILES string of the molecule is COc1ccc(N(CC(=O)Nc2cccc(C#N)c2)S(=O)(=O)c2ccc(Cl)cc2)cc1. The van der Waals surface area contributed by atoms with Gasteiger partial charge in [0.05, 0.1) is 29.3 Å². The molecule has 3 aromatic rings. The Kier molecular flexibility index (Phi) is 6.80. The lowest BCUT2D eigenvalue weighted by Gasteiger charge is -2.24. The number of rotatable bonds is 7. The van der Waals surface area contributed by atoms with E-state index in [2.05, 4.69) is 5.32 Å². The van der Waals surface area contributed by atoms with Crippen LogP contribution < -0.4 is 14.4 Å². The van der Waals surface area contributed by atoms with Gasteiger partial charge in [0.25, 0.3) is 10.0 Å². The molecule has 0 aromatic heterocycles. The quantitative estimate of drug-likeness (QED) is 0.579. The number of hydrogen-bond donors (Lipinski definition) is 1. The summed E-state index contributed by atoms with van der Waals surface area (Å²) in [6.45, 7) is -0.478. The van der Waals surface area contributed by atoms with E-state index >= 15 is 0 Å². The minimum absolute atomic E-state index is 0.00741. The highest BCUT2D eigenvalue weighted by Crippen LogP contribution is 2.26. The number of hydrogen-bond acceptors (Lipinski definition) is 5. The molecule has 0 aliphatic heterocycles. The molecular formula is C22H18ClN3O4S. The Hall–Kier alpha value is -3.54. The van der Waals surface area contributed by atoms with E-state index in [1.165, 1.54) is 37.4 Å². The summed E-state index contributed by atoms with van der Waals surface area (Å²) in [5.41, 5.74) is 1.05. The van der Waals surface area contributed by atoms with Crippen LogP contribution in [0.15, 0.2) is 77.7 Å². The molecule has 9 heteroatoms. The average molecular weight is 456 g/mol. The van der Waals surface area contributed by atoms with E-state index < -0.39 is 22.5 Å². The Labute approximate surface area is 185 Å². The molecule has 0 fully saturated rings. The maximum Gasteiger partial charge on any atom is 0.264 e. The van der Waals surface area contributed by atoms with Gasteiger partial charge in [-0.25, -0.2) is 8.42 Å². The zero-order valence-corrected chi connectivity index (χ0v) is 18.0. The number of nitrogens with zero attached hydrogens (tertiary/aromatic N) is 2. The Balaban J connectivity index is 1.94. The average Bonchev–Trinajstić information content (AvgIpc) is 2.78. The highest BCUT2D eigenvalue weighted by atomic mass is 35.5. The summed E-state index contributed by atoms with van der Waals surface area (Å²) in [5, 5.41) is 12.0. The lowest BCUT2D eigenvalue weighted by molar-refractivity contribution is -0.114. The molecule has 0 aliphatic carbocycles. The molecular weight excluding hydrogens is 438 g/mol. The van der Waals surface area contributed by atoms with Gasteiger partial charge < -0.3 is 10.1 Å². The minimum Gasteiger partial charge on any atom is -0.497 e. The molecule has 0 spiro atoms. The van der Waals surface area contributed by atoms with Crippen LogP contribution in [0, 0.1) is 11.3 Å². The zero-order valence-electron chi connectivity index (χ0n) is 16.4. The van der Waals surface area contributed by atoms with Gasteiger partial charge in [0.2, 0.25) is 5.91 Å². The van der Waals surface area contributed by atoms with Crippen molar-refractivity contribution in [3.63, 3.8) is 0 Å². The van der Waals surface area contributed by atoms with Gasteiger partial charge in [0.1, 0.15) is 12.3 Å². The summed E-state index contributed by atoms with van der Waals surface area (Å²) in [4.78, 5) is 12.7. The fourth-order valence-corrected chi connectivity index (χ4v) is 4.34. The number of amides is 1. The summed E-state index contributed by atoms with van der Waals surface area (Å²) >= 11 is 5.88. The van der Waals surface area contributed by atoms with Crippen LogP contribution >= 0.6 is 11.6 Å². The van der Waals surface area contributed by atoms with E-state index in [0.717, 1.165) is 4.31 Å². The molecule has 31 heavy (non-hydrogen) atoms. The number of carbonyl (C=O) groups excluding carboxylic acids is 1. The first-order chi connectivity index (χ1) is 14.8. The molecule has 0 saturated carbocycles. The number of sulfonamides is 1. The summed E-state index contributed by atoms with van der Waals surface area (Å²) in [6, 6.07) is 20.3. The van der Waals surface area contributed by atoms with E-state index in [1.807, 2.05) is 6.07 Å². The first kappa shape index (κ1) is 22.2. The van der Waals surface area contributed by atoms with Crippen LogP contribution in [0.25, 0.3) is 0 Å². The predicted molar refractivity (Wildman–Crippen MR) is 119 cm³/mol. The minimum atomic E-state index is -4.07. The van der Waals surface area contributed by atoms with Crippen molar-refractivity contribution in [2.45, 2.75) is 4.90 Å². The van der Waals surface area contributed by atoms with Gasteiger partial charge in [-0.05, 0) is 66.7 Å². The molecule has 3 rings (SSSR count). The van der Waals surface area contributed by atoms with Crippen LogP contribution in [0.1, 0.15) is 5.56 Å². The van der Waals surface area contributed by atoms with Gasteiger partial charge >= 0.3 is 0 Å². The van der Waals surface area contributed by atoms with Crippen molar-refractivity contribution in [3.8, 4) is 11.8 Å². The van der Waals surface area contributed by atoms with Crippen molar-refractivity contribution in [2.75, 3.05) is 23.3 Å². The maximum atomic E-state index is 13.3. The molecule has 1 N–H and O–H groups in total. The van der Waals surface area contributed by atoms with E-state index in [9.17, 15) is 13.2 Å². The fraction of sp³-hybridized carbons (Fsp3) is 0.0909. The standard InChI is InChI=1S/C22H18ClN3O4S/c1-30-20-9-7-19(8-10-20)26(31(28,29)21-11-5-17(23)6-12-21)15-22(27)25-18-4-2-3-16(13-18)14-24/h2-13H,15H2,1H3,(H,25,27). The summed E-state index contributed by atoms with van der Waals surface area (Å²) in [5.74, 6) is -0.0196. The Morgan fingerprint density at radius 2 is 1.77 bits per heavy atom. The van der Waals surface area contributed by atoms with Crippen molar-refractivity contribution in [2.24, 2.45) is 0 Å². The maximum absolute atomic E-state index is 13.3. The van der Waals surface area contributed by atoms with Crippen LogP contribution in [0.3, 0.4) is 0 Å².